The number of ether oxygens (including phenoxy) is 3. The molecule has 2 heterocycles. The van der Waals surface area contributed by atoms with Crippen LogP contribution in [0.2, 0.25) is 0 Å². The van der Waals surface area contributed by atoms with Gasteiger partial charge < -0.3 is 29.1 Å². The van der Waals surface area contributed by atoms with Crippen molar-refractivity contribution in [2.24, 2.45) is 0 Å². The number of nitrogens with zero attached hydrogens (tertiary/aromatic N) is 1. The summed E-state index contributed by atoms with van der Waals surface area (Å²) in [6.07, 6.45) is -0.280. The Hall–Kier alpha value is -2.78. The highest BCUT2D eigenvalue weighted by Crippen LogP contribution is 2.46. The molecule has 14 nitrogen and oxygen atoms in total. The molecular formula is C21H25BrN3O11P. The smallest absolute Gasteiger partial charge is 0.440 e. The Morgan fingerprint density at radius 3 is 2.76 bits per heavy atom. The molecule has 2 aromatic rings. The number of nitrogens with one attached hydrogen (secondary N) is 2. The molecule has 16 heteroatoms. The number of methoxy groups -OCH3 is 2. The van der Waals surface area contributed by atoms with E-state index in [0.717, 1.165) is 11.7 Å². The van der Waals surface area contributed by atoms with Gasteiger partial charge in [0, 0.05) is 18.2 Å². The molecule has 4 N–H and O–H groups in total. The highest BCUT2D eigenvalue weighted by atomic mass is 79.9. The van der Waals surface area contributed by atoms with E-state index in [9.17, 15) is 28.9 Å². The van der Waals surface area contributed by atoms with Crippen LogP contribution in [0.3, 0.4) is 0 Å². The van der Waals surface area contributed by atoms with E-state index in [1.807, 2.05) is 0 Å². The maximum Gasteiger partial charge on any atom is 0.440 e. The summed E-state index contributed by atoms with van der Waals surface area (Å²) in [4.78, 5) is 54.5. The number of aromatic nitrogens is 2. The predicted octanol–water partition coefficient (Wildman–Crippen LogP) is 1.49. The van der Waals surface area contributed by atoms with Gasteiger partial charge in [0.1, 0.15) is 18.4 Å². The Balaban J connectivity index is 1.83. The molecule has 1 aromatic heterocycles. The van der Waals surface area contributed by atoms with Gasteiger partial charge in [0.2, 0.25) is 5.75 Å². The minimum atomic E-state index is -4.62. The van der Waals surface area contributed by atoms with E-state index in [1.54, 1.807) is 6.07 Å². The molecule has 1 aliphatic rings. The number of benzene rings is 1. The fourth-order valence-corrected chi connectivity index (χ4v) is 4.74. The zero-order valence-corrected chi connectivity index (χ0v) is 22.3. The summed E-state index contributed by atoms with van der Waals surface area (Å²) in [7, 11) is -2.20. The van der Waals surface area contributed by atoms with Gasteiger partial charge in [0.25, 0.3) is 5.56 Å². The molecule has 1 aliphatic heterocycles. The van der Waals surface area contributed by atoms with Crippen LogP contribution in [0.4, 0.5) is 0 Å². The van der Waals surface area contributed by atoms with Gasteiger partial charge in [-0.1, -0.05) is 32.7 Å². The molecule has 0 spiro atoms. The van der Waals surface area contributed by atoms with Gasteiger partial charge in [0.15, 0.2) is 5.75 Å². The largest absolute Gasteiger partial charge is 0.492 e. The normalized spacial score (nSPS) is 21.9. The van der Waals surface area contributed by atoms with E-state index in [0.29, 0.717) is 5.56 Å². The molecule has 1 fully saturated rings. The number of aliphatic hydroxyl groups excluding tert-OH is 1. The highest BCUT2D eigenvalue weighted by Gasteiger charge is 2.39. The number of para-hydroxylation sites is 1. The minimum Gasteiger partial charge on any atom is -0.492 e. The Kier molecular flexibility index (Phi) is 9.47. The summed E-state index contributed by atoms with van der Waals surface area (Å²) < 4.78 is 33.9. The van der Waals surface area contributed by atoms with Crippen molar-refractivity contribution in [3.05, 3.63) is 61.3 Å². The summed E-state index contributed by atoms with van der Waals surface area (Å²) in [6, 6.07) is 3.26. The molecule has 1 saturated heterocycles. The monoisotopic (exact) mass is 605 g/mol. The van der Waals surface area contributed by atoms with Gasteiger partial charge in [-0.25, -0.2) is 14.4 Å². The van der Waals surface area contributed by atoms with Crippen LogP contribution in [-0.4, -0.2) is 51.9 Å². The zero-order valence-electron chi connectivity index (χ0n) is 19.8. The second-order valence-corrected chi connectivity index (χ2v) is 9.77. The lowest BCUT2D eigenvalue weighted by Crippen LogP contribution is -2.33. The molecule has 5 atom stereocenters. The van der Waals surface area contributed by atoms with E-state index in [-0.39, 0.29) is 23.5 Å². The average molecular weight is 606 g/mol. The second-order valence-electron chi connectivity index (χ2n) is 7.79. The Morgan fingerprint density at radius 2 is 2.11 bits per heavy atom. The number of rotatable bonds is 10. The van der Waals surface area contributed by atoms with Crippen molar-refractivity contribution in [1.82, 2.24) is 14.6 Å². The van der Waals surface area contributed by atoms with E-state index < -0.39 is 49.4 Å². The van der Waals surface area contributed by atoms with Crippen LogP contribution in [0.25, 0.3) is 6.08 Å². The minimum absolute atomic E-state index is 0.00000155. The first-order chi connectivity index (χ1) is 17.5. The quantitative estimate of drug-likeness (QED) is 0.132. The van der Waals surface area contributed by atoms with Crippen LogP contribution in [0, 0.1) is 0 Å². The molecule has 0 saturated carbocycles. The van der Waals surface area contributed by atoms with Gasteiger partial charge in [-0.05, 0) is 24.1 Å². The van der Waals surface area contributed by atoms with Crippen LogP contribution in [0.15, 0.2) is 39.0 Å². The topological polar surface area (TPSA) is 188 Å². The van der Waals surface area contributed by atoms with Crippen molar-refractivity contribution in [2.75, 3.05) is 14.2 Å². The predicted molar refractivity (Wildman–Crippen MR) is 132 cm³/mol. The van der Waals surface area contributed by atoms with Crippen LogP contribution < -0.4 is 26.0 Å². The lowest BCUT2D eigenvalue weighted by molar-refractivity contribution is -0.143. The van der Waals surface area contributed by atoms with Crippen LogP contribution >= 0.6 is 23.7 Å². The summed E-state index contributed by atoms with van der Waals surface area (Å²) in [5.41, 5.74) is -0.832. The average Bonchev–Trinajstić information content (AvgIpc) is 3.24. The third-order valence-electron chi connectivity index (χ3n) is 5.30. The van der Waals surface area contributed by atoms with Crippen LogP contribution in [0.1, 0.15) is 36.8 Å². The lowest BCUT2D eigenvalue weighted by atomic mass is 10.0. The summed E-state index contributed by atoms with van der Waals surface area (Å²) in [6.45, 7) is 1.29. The van der Waals surface area contributed by atoms with Gasteiger partial charge in [-0.2, -0.15) is 0 Å². The van der Waals surface area contributed by atoms with Crippen molar-refractivity contribution < 1.29 is 43.1 Å². The molecule has 0 aliphatic carbocycles. The van der Waals surface area contributed by atoms with E-state index in [2.05, 4.69) is 35.4 Å². The van der Waals surface area contributed by atoms with Crippen LogP contribution in [-0.2, 0) is 23.5 Å². The number of aromatic amines is 1. The Morgan fingerprint density at radius 1 is 1.38 bits per heavy atom. The number of aliphatic hydroxyl groups is 1. The number of hydrogen-bond donors (Lipinski definition) is 4. The van der Waals surface area contributed by atoms with Crippen molar-refractivity contribution in [3.63, 3.8) is 0 Å². The number of esters is 1. The first kappa shape index (κ1) is 28.8. The third-order valence-corrected chi connectivity index (χ3v) is 6.56. The number of H-pyrrole nitrogens is 1. The maximum atomic E-state index is 12.4. The molecule has 3 rings (SSSR count). The summed E-state index contributed by atoms with van der Waals surface area (Å²) >= 11 is 3.08. The Bertz CT molecular complexity index is 1330. The van der Waals surface area contributed by atoms with Gasteiger partial charge in [0.05, 0.1) is 25.9 Å². The van der Waals surface area contributed by atoms with E-state index >= 15 is 0 Å². The highest BCUT2D eigenvalue weighted by molar-refractivity contribution is 9.11. The van der Waals surface area contributed by atoms with E-state index in [4.69, 9.17) is 14.4 Å². The number of carbonyl (C=O) groups is 1. The molecule has 37 heavy (non-hydrogen) atoms. The SMILES string of the molecule is COC(=O)[C@H](C)NP(=O)(O)OOc1cccc([C@H]2O[C@@H](n3cc(/C=C/Br)c(=O)[nH]c3=O)C[C@@H]2O)c1OC. The van der Waals surface area contributed by atoms with Crippen molar-refractivity contribution in [2.45, 2.75) is 37.8 Å². The maximum absolute atomic E-state index is 12.4. The summed E-state index contributed by atoms with van der Waals surface area (Å²) in [5, 5.41) is 12.8. The standard InChI is InChI=1S/C21H25BrN3O11P/c1-11(20(28)33-3)24-37(30,31)36-35-15-6-4-5-13(18(15)32-2)17-14(26)9-16(34-17)25-10-12(7-8-22)19(27)23-21(25)29/h4-8,10-11,14,16-17,26H,9H2,1-3H3,(H,23,27,29)(H2,24,30,31)/b8-7+/t11-,14-,16+,17+/m0/s1. The molecule has 0 amide bonds. The van der Waals surface area contributed by atoms with Crippen LogP contribution in [0.5, 0.6) is 11.5 Å². The van der Waals surface area contributed by atoms with Crippen molar-refractivity contribution in [3.8, 4) is 11.5 Å². The Labute approximate surface area is 218 Å². The first-order valence-electron chi connectivity index (χ1n) is 10.7. The number of carbonyl (C=O) groups excluding carboxylic acids is 1. The van der Waals surface area contributed by atoms with Gasteiger partial charge in [-0.15, -0.1) is 0 Å². The second kappa shape index (κ2) is 12.2. The number of halogens is 1. The lowest BCUT2D eigenvalue weighted by Gasteiger charge is -2.21. The molecule has 0 bridgehead atoms. The van der Waals surface area contributed by atoms with Gasteiger partial charge in [-0.3, -0.25) is 19.1 Å². The molecule has 202 valence electrons. The third kappa shape index (κ3) is 6.76. The van der Waals surface area contributed by atoms with E-state index in [1.165, 1.54) is 43.4 Å². The number of hydrogen-bond acceptors (Lipinski definition) is 10. The first-order valence-corrected chi connectivity index (χ1v) is 13.2. The fraction of sp³-hybridized carbons (Fsp3) is 0.381. The molecule has 1 aromatic carbocycles. The zero-order chi connectivity index (χ0) is 27.3. The summed E-state index contributed by atoms with van der Waals surface area (Å²) in [5.74, 6) is -0.909. The molecule has 1 unspecified atom stereocenters. The van der Waals surface area contributed by atoms with Crippen molar-refractivity contribution >= 4 is 35.7 Å². The fourth-order valence-electron chi connectivity index (χ4n) is 3.63. The van der Waals surface area contributed by atoms with Crippen molar-refractivity contribution in [1.29, 1.82) is 0 Å². The molecule has 0 radical (unpaired) electrons. The van der Waals surface area contributed by atoms with Gasteiger partial charge >= 0.3 is 19.4 Å². The molecular weight excluding hydrogens is 581 g/mol.